The van der Waals surface area contributed by atoms with E-state index in [0.717, 1.165) is 26.0 Å². The Hall–Kier alpha value is -1.22. The summed E-state index contributed by atoms with van der Waals surface area (Å²) in [5.41, 5.74) is -2.34. The molecule has 0 saturated carbocycles. The van der Waals surface area contributed by atoms with Crippen LogP contribution in [0, 0.1) is 5.82 Å². The van der Waals surface area contributed by atoms with E-state index in [2.05, 4.69) is 21.2 Å². The van der Waals surface area contributed by atoms with Gasteiger partial charge in [0.05, 0.1) is 11.1 Å². The van der Waals surface area contributed by atoms with Gasteiger partial charge in [-0.1, -0.05) is 6.07 Å². The van der Waals surface area contributed by atoms with Crippen molar-refractivity contribution in [2.75, 3.05) is 6.61 Å². The van der Waals surface area contributed by atoms with Crippen molar-refractivity contribution >= 4 is 21.9 Å². The SMILES string of the molecule is CCOC(=O)[C@H](CC(C)(C)F)NC(c1ccc(Br)c(F)c1)C(F)(F)F. The van der Waals surface area contributed by atoms with Gasteiger partial charge in [0.2, 0.25) is 0 Å². The first-order valence-electron chi connectivity index (χ1n) is 7.48. The number of hydrogen-bond acceptors (Lipinski definition) is 3. The number of carbonyl (C=O) groups is 1. The molecule has 3 nitrogen and oxygen atoms in total. The molecule has 0 bridgehead atoms. The van der Waals surface area contributed by atoms with E-state index in [-0.39, 0.29) is 11.1 Å². The normalized spacial score (nSPS) is 14.9. The Morgan fingerprint density at radius 2 is 1.88 bits per heavy atom. The molecule has 1 aromatic carbocycles. The van der Waals surface area contributed by atoms with Gasteiger partial charge in [-0.15, -0.1) is 0 Å². The molecule has 0 spiro atoms. The molecule has 0 aliphatic carbocycles. The molecule has 0 amide bonds. The molecule has 0 radical (unpaired) electrons. The summed E-state index contributed by atoms with van der Waals surface area (Å²) >= 11 is 2.86. The minimum Gasteiger partial charge on any atom is -0.465 e. The van der Waals surface area contributed by atoms with E-state index < -0.39 is 47.7 Å². The Kier molecular flexibility index (Phi) is 7.37. The summed E-state index contributed by atoms with van der Waals surface area (Å²) in [5.74, 6) is -1.88. The zero-order valence-corrected chi connectivity index (χ0v) is 15.5. The Labute approximate surface area is 151 Å². The Balaban J connectivity index is 3.19. The summed E-state index contributed by atoms with van der Waals surface area (Å²) in [6.07, 6.45) is -5.36. The number of rotatable bonds is 7. The van der Waals surface area contributed by atoms with Crippen LogP contribution in [0.3, 0.4) is 0 Å². The Morgan fingerprint density at radius 1 is 1.28 bits per heavy atom. The molecule has 25 heavy (non-hydrogen) atoms. The highest BCUT2D eigenvalue weighted by atomic mass is 79.9. The molecule has 0 aliphatic rings. The number of esters is 1. The van der Waals surface area contributed by atoms with Crippen molar-refractivity contribution in [1.82, 2.24) is 5.32 Å². The molecule has 9 heteroatoms. The van der Waals surface area contributed by atoms with Crippen LogP contribution in [-0.2, 0) is 9.53 Å². The fourth-order valence-corrected chi connectivity index (χ4v) is 2.46. The number of nitrogens with one attached hydrogen (secondary N) is 1. The predicted molar refractivity (Wildman–Crippen MR) is 86.3 cm³/mol. The average molecular weight is 432 g/mol. The second-order valence-corrected chi connectivity index (χ2v) is 6.90. The van der Waals surface area contributed by atoms with Crippen LogP contribution in [0.25, 0.3) is 0 Å². The third-order valence-electron chi connectivity index (χ3n) is 3.23. The second-order valence-electron chi connectivity index (χ2n) is 6.04. The van der Waals surface area contributed by atoms with Gasteiger partial charge < -0.3 is 4.74 Å². The number of ether oxygens (including phenoxy) is 1. The van der Waals surface area contributed by atoms with Crippen LogP contribution in [0.2, 0.25) is 0 Å². The molecule has 1 aromatic rings. The lowest BCUT2D eigenvalue weighted by Gasteiger charge is -2.29. The summed E-state index contributed by atoms with van der Waals surface area (Å²) in [4.78, 5) is 11.9. The molecule has 1 rings (SSSR count). The van der Waals surface area contributed by atoms with E-state index in [1.54, 1.807) is 0 Å². The van der Waals surface area contributed by atoms with Gasteiger partial charge in [0.1, 0.15) is 23.6 Å². The lowest BCUT2D eigenvalue weighted by atomic mass is 9.98. The van der Waals surface area contributed by atoms with Crippen molar-refractivity contribution in [3.05, 3.63) is 34.1 Å². The van der Waals surface area contributed by atoms with Gasteiger partial charge in [0.15, 0.2) is 0 Å². The average Bonchev–Trinajstić information content (AvgIpc) is 2.44. The molecule has 142 valence electrons. The summed E-state index contributed by atoms with van der Waals surface area (Å²) in [5, 5.41) is 2.08. The first-order valence-corrected chi connectivity index (χ1v) is 8.27. The third-order valence-corrected chi connectivity index (χ3v) is 3.88. The molecule has 2 atom stereocenters. The molecule has 0 aromatic heterocycles. The first-order chi connectivity index (χ1) is 11.3. The van der Waals surface area contributed by atoms with Gasteiger partial charge in [-0.3, -0.25) is 10.1 Å². The van der Waals surface area contributed by atoms with Gasteiger partial charge >= 0.3 is 12.1 Å². The molecular formula is C16H19BrF5NO2. The van der Waals surface area contributed by atoms with Crippen molar-refractivity contribution in [2.24, 2.45) is 0 Å². The molecule has 0 fully saturated rings. The van der Waals surface area contributed by atoms with Gasteiger partial charge in [-0.25, -0.2) is 8.78 Å². The van der Waals surface area contributed by atoms with Crippen LogP contribution in [0.15, 0.2) is 22.7 Å². The third kappa shape index (κ3) is 6.89. The largest absolute Gasteiger partial charge is 0.465 e. The molecular weight excluding hydrogens is 413 g/mol. The van der Waals surface area contributed by atoms with E-state index in [9.17, 15) is 26.7 Å². The lowest BCUT2D eigenvalue weighted by molar-refractivity contribution is -0.165. The monoisotopic (exact) mass is 431 g/mol. The highest BCUT2D eigenvalue weighted by Crippen LogP contribution is 2.35. The minimum atomic E-state index is -4.83. The highest BCUT2D eigenvalue weighted by molar-refractivity contribution is 9.10. The van der Waals surface area contributed by atoms with Crippen molar-refractivity contribution in [3.63, 3.8) is 0 Å². The van der Waals surface area contributed by atoms with Crippen LogP contribution in [0.5, 0.6) is 0 Å². The molecule has 0 saturated heterocycles. The predicted octanol–water partition coefficient (Wildman–Crippen LogP) is 4.85. The summed E-state index contributed by atoms with van der Waals surface area (Å²) in [6, 6.07) is -0.993. The number of halogens is 6. The van der Waals surface area contributed by atoms with Crippen molar-refractivity contribution in [2.45, 2.75) is 51.1 Å². The maximum atomic E-state index is 13.9. The van der Waals surface area contributed by atoms with Crippen LogP contribution in [-0.4, -0.2) is 30.5 Å². The molecule has 0 heterocycles. The zero-order chi connectivity index (χ0) is 19.4. The van der Waals surface area contributed by atoms with Crippen LogP contribution in [0.4, 0.5) is 22.0 Å². The van der Waals surface area contributed by atoms with Crippen molar-refractivity contribution in [3.8, 4) is 0 Å². The molecule has 0 aliphatic heterocycles. The van der Waals surface area contributed by atoms with E-state index in [4.69, 9.17) is 4.74 Å². The fraction of sp³-hybridized carbons (Fsp3) is 0.562. The van der Waals surface area contributed by atoms with Crippen molar-refractivity contribution in [1.29, 1.82) is 0 Å². The smallest absolute Gasteiger partial charge is 0.407 e. The van der Waals surface area contributed by atoms with E-state index in [1.807, 2.05) is 0 Å². The van der Waals surface area contributed by atoms with E-state index >= 15 is 0 Å². The number of carbonyl (C=O) groups excluding carboxylic acids is 1. The zero-order valence-electron chi connectivity index (χ0n) is 13.9. The summed E-state index contributed by atoms with van der Waals surface area (Å²) in [7, 11) is 0. The first kappa shape index (κ1) is 21.8. The Morgan fingerprint density at radius 3 is 2.32 bits per heavy atom. The van der Waals surface area contributed by atoms with E-state index in [1.165, 1.54) is 6.92 Å². The number of benzene rings is 1. The topological polar surface area (TPSA) is 38.3 Å². The van der Waals surface area contributed by atoms with E-state index in [0.29, 0.717) is 6.07 Å². The maximum absolute atomic E-state index is 13.9. The number of hydrogen-bond donors (Lipinski definition) is 1. The molecule has 1 unspecified atom stereocenters. The molecule has 1 N–H and O–H groups in total. The van der Waals surface area contributed by atoms with Gasteiger partial charge in [0.25, 0.3) is 0 Å². The van der Waals surface area contributed by atoms with Crippen molar-refractivity contribution < 1.29 is 31.5 Å². The standard InChI is InChI=1S/C16H19BrF5NO2/c1-4-25-14(24)12(8-15(2,3)19)23-13(16(20,21)22)9-5-6-10(17)11(18)7-9/h5-7,12-13,23H,4,8H2,1-3H3/t12-,13?/m0/s1. The summed E-state index contributed by atoms with van der Waals surface area (Å²) in [6.45, 7) is 3.71. The quantitative estimate of drug-likeness (QED) is 0.495. The lowest BCUT2D eigenvalue weighted by Crippen LogP contribution is -2.47. The highest BCUT2D eigenvalue weighted by Gasteiger charge is 2.44. The van der Waals surface area contributed by atoms with Crippen LogP contribution in [0.1, 0.15) is 38.8 Å². The maximum Gasteiger partial charge on any atom is 0.407 e. The minimum absolute atomic E-state index is 0.00371. The van der Waals surface area contributed by atoms with Crippen LogP contribution < -0.4 is 5.32 Å². The fourth-order valence-electron chi connectivity index (χ4n) is 2.21. The van der Waals surface area contributed by atoms with Gasteiger partial charge in [-0.2, -0.15) is 13.2 Å². The second kappa shape index (κ2) is 8.44. The number of alkyl halides is 4. The van der Waals surface area contributed by atoms with Gasteiger partial charge in [-0.05, 0) is 54.4 Å². The van der Waals surface area contributed by atoms with Crippen LogP contribution >= 0.6 is 15.9 Å². The Bertz CT molecular complexity index is 601. The summed E-state index contributed by atoms with van der Waals surface area (Å²) < 4.78 is 72.6. The van der Waals surface area contributed by atoms with Gasteiger partial charge in [0, 0.05) is 6.42 Å².